The molecule has 4 aromatic rings. The summed E-state index contributed by atoms with van der Waals surface area (Å²) in [7, 11) is 0. The summed E-state index contributed by atoms with van der Waals surface area (Å²) >= 11 is 0. The SMILES string of the molecule is NC(=O)[C@H](Cc1ccccc1)NC(=O)[C@H](Cc1ccccc1)NC(=O)[C@@H]1Cc2ccccc2CN1C(=O)[C@@H](N)Cc1ccc(O)cc1. The predicted molar refractivity (Wildman–Crippen MR) is 178 cm³/mol. The molecule has 4 aromatic carbocycles. The van der Waals surface area contributed by atoms with Gasteiger partial charge in [0.2, 0.25) is 23.6 Å². The molecule has 0 spiro atoms. The molecule has 1 heterocycles. The van der Waals surface area contributed by atoms with Gasteiger partial charge in [0.15, 0.2) is 0 Å². The van der Waals surface area contributed by atoms with Crippen molar-refractivity contribution < 1.29 is 24.3 Å². The maximum absolute atomic E-state index is 14.1. The number of fused-ring (bicyclic) bond motifs is 1. The van der Waals surface area contributed by atoms with E-state index in [-0.39, 0.29) is 38.0 Å². The Kier molecular flexibility index (Phi) is 10.6. The molecule has 4 atom stereocenters. The number of aromatic hydroxyl groups is 1. The maximum atomic E-state index is 14.1. The second-order valence-electron chi connectivity index (χ2n) is 11.8. The molecule has 4 amide bonds. The van der Waals surface area contributed by atoms with Crippen LogP contribution >= 0.6 is 0 Å². The molecule has 1 aliphatic heterocycles. The van der Waals surface area contributed by atoms with Crippen LogP contribution < -0.4 is 22.1 Å². The number of amides is 4. The van der Waals surface area contributed by atoms with Gasteiger partial charge in [-0.2, -0.15) is 0 Å². The summed E-state index contributed by atoms with van der Waals surface area (Å²) in [6, 6.07) is 28.5. The molecule has 7 N–H and O–H groups in total. The van der Waals surface area contributed by atoms with E-state index in [0.29, 0.717) is 0 Å². The highest BCUT2D eigenvalue weighted by molar-refractivity contribution is 5.95. The molecule has 47 heavy (non-hydrogen) atoms. The van der Waals surface area contributed by atoms with Crippen LogP contribution in [0.5, 0.6) is 5.75 Å². The van der Waals surface area contributed by atoms with Gasteiger partial charge in [-0.1, -0.05) is 97.1 Å². The molecule has 0 saturated carbocycles. The predicted octanol–water partition coefficient (Wildman–Crippen LogP) is 2.16. The summed E-state index contributed by atoms with van der Waals surface area (Å²) in [6.45, 7) is 0.173. The molecule has 0 radical (unpaired) electrons. The smallest absolute Gasteiger partial charge is 0.243 e. The van der Waals surface area contributed by atoms with E-state index < -0.39 is 47.8 Å². The number of primary amides is 1. The molecule has 0 bridgehead atoms. The number of hydrogen-bond acceptors (Lipinski definition) is 6. The molecule has 10 heteroatoms. The summed E-state index contributed by atoms with van der Waals surface area (Å²) in [5.41, 5.74) is 16.3. The second kappa shape index (κ2) is 15.2. The van der Waals surface area contributed by atoms with Crippen LogP contribution in [0.4, 0.5) is 0 Å². The topological polar surface area (TPSA) is 168 Å². The molecule has 0 unspecified atom stereocenters. The van der Waals surface area contributed by atoms with E-state index in [4.69, 9.17) is 11.5 Å². The average molecular weight is 634 g/mol. The third-order valence-electron chi connectivity index (χ3n) is 8.40. The Morgan fingerprint density at radius 3 is 1.83 bits per heavy atom. The van der Waals surface area contributed by atoms with Crippen LogP contribution in [0.1, 0.15) is 27.8 Å². The van der Waals surface area contributed by atoms with Crippen molar-refractivity contribution in [2.24, 2.45) is 11.5 Å². The fourth-order valence-electron chi connectivity index (χ4n) is 5.85. The molecule has 0 aromatic heterocycles. The Morgan fingerprint density at radius 2 is 1.23 bits per heavy atom. The monoisotopic (exact) mass is 633 g/mol. The molecule has 0 fully saturated rings. The lowest BCUT2D eigenvalue weighted by Gasteiger charge is -2.38. The number of phenols is 1. The van der Waals surface area contributed by atoms with Crippen LogP contribution in [0.2, 0.25) is 0 Å². The minimum absolute atomic E-state index is 0.106. The van der Waals surface area contributed by atoms with Crippen LogP contribution in [0.25, 0.3) is 0 Å². The Balaban J connectivity index is 1.38. The van der Waals surface area contributed by atoms with Crippen LogP contribution in [-0.4, -0.2) is 57.8 Å². The van der Waals surface area contributed by atoms with E-state index in [1.807, 2.05) is 84.9 Å². The molecule has 0 aliphatic carbocycles. The Labute approximate surface area is 273 Å². The van der Waals surface area contributed by atoms with Crippen molar-refractivity contribution >= 4 is 23.6 Å². The zero-order valence-corrected chi connectivity index (χ0v) is 25.9. The average Bonchev–Trinajstić information content (AvgIpc) is 3.08. The standard InChI is InChI=1S/C37H39N5O5/c38-30(19-26-15-17-29(43)18-16-26)37(47)42-23-28-14-8-7-13-27(28)22-33(42)36(46)41-32(21-25-11-5-2-6-12-25)35(45)40-31(34(39)44)20-24-9-3-1-4-10-24/h1-18,30-33,43H,19-23,38H2,(H2,39,44)(H,40,45)(H,41,46)/t30-,31-,32-,33-/m0/s1. The largest absolute Gasteiger partial charge is 0.508 e. The van der Waals surface area contributed by atoms with Gasteiger partial charge in [0.1, 0.15) is 23.9 Å². The first-order valence-corrected chi connectivity index (χ1v) is 15.6. The van der Waals surface area contributed by atoms with Crippen molar-refractivity contribution in [3.05, 3.63) is 137 Å². The van der Waals surface area contributed by atoms with Gasteiger partial charge < -0.3 is 32.1 Å². The second-order valence-corrected chi connectivity index (χ2v) is 11.8. The van der Waals surface area contributed by atoms with Crippen molar-refractivity contribution in [2.75, 3.05) is 0 Å². The van der Waals surface area contributed by atoms with Crippen molar-refractivity contribution in [1.82, 2.24) is 15.5 Å². The summed E-state index contributed by atoms with van der Waals surface area (Å²) in [5, 5.41) is 15.3. The van der Waals surface area contributed by atoms with Gasteiger partial charge in [-0.05, 0) is 46.4 Å². The number of carbonyl (C=O) groups is 4. The molecule has 1 aliphatic rings. The number of benzene rings is 4. The number of phenolic OH excluding ortho intramolecular Hbond substituents is 1. The van der Waals surface area contributed by atoms with Crippen LogP contribution in [0, 0.1) is 0 Å². The van der Waals surface area contributed by atoms with Gasteiger partial charge in [-0.3, -0.25) is 19.2 Å². The van der Waals surface area contributed by atoms with E-state index in [1.165, 1.54) is 17.0 Å². The third-order valence-corrected chi connectivity index (χ3v) is 8.40. The van der Waals surface area contributed by atoms with Gasteiger partial charge in [0.05, 0.1) is 6.04 Å². The summed E-state index contributed by atoms with van der Waals surface area (Å²) in [5.74, 6) is -2.09. The van der Waals surface area contributed by atoms with Crippen molar-refractivity contribution in [1.29, 1.82) is 0 Å². The Morgan fingerprint density at radius 1 is 0.702 bits per heavy atom. The lowest BCUT2D eigenvalue weighted by atomic mass is 9.92. The van der Waals surface area contributed by atoms with Crippen LogP contribution in [-0.2, 0) is 51.4 Å². The molecule has 242 valence electrons. The normalized spacial score (nSPS) is 15.9. The fraction of sp³-hybridized carbons (Fsp3) is 0.243. The molecule has 0 saturated heterocycles. The number of rotatable bonds is 12. The summed E-state index contributed by atoms with van der Waals surface area (Å²) in [6.07, 6.45) is 0.777. The van der Waals surface area contributed by atoms with Crippen LogP contribution in [0.15, 0.2) is 109 Å². The summed E-state index contributed by atoms with van der Waals surface area (Å²) in [4.78, 5) is 55.6. The van der Waals surface area contributed by atoms with E-state index in [0.717, 1.165) is 27.8 Å². The lowest BCUT2D eigenvalue weighted by Crippen LogP contribution is -2.60. The third kappa shape index (κ3) is 8.62. The van der Waals surface area contributed by atoms with Gasteiger partial charge in [0.25, 0.3) is 0 Å². The number of nitrogens with one attached hydrogen (secondary N) is 2. The minimum Gasteiger partial charge on any atom is -0.508 e. The summed E-state index contributed by atoms with van der Waals surface area (Å²) < 4.78 is 0. The number of hydrogen-bond donors (Lipinski definition) is 5. The minimum atomic E-state index is -1.07. The van der Waals surface area contributed by atoms with E-state index in [2.05, 4.69) is 10.6 Å². The first kappa shape index (κ1) is 32.9. The Bertz CT molecular complexity index is 1700. The highest BCUT2D eigenvalue weighted by atomic mass is 16.3. The zero-order chi connectivity index (χ0) is 33.3. The van der Waals surface area contributed by atoms with Crippen molar-refractivity contribution in [2.45, 2.75) is 56.4 Å². The van der Waals surface area contributed by atoms with E-state index in [9.17, 15) is 24.3 Å². The Hall–Kier alpha value is -5.48. The fourth-order valence-corrected chi connectivity index (χ4v) is 5.85. The number of nitrogens with zero attached hydrogens (tertiary/aromatic N) is 1. The number of carbonyl (C=O) groups excluding carboxylic acids is 4. The van der Waals surface area contributed by atoms with E-state index >= 15 is 0 Å². The maximum Gasteiger partial charge on any atom is 0.243 e. The molecule has 5 rings (SSSR count). The highest BCUT2D eigenvalue weighted by Gasteiger charge is 2.38. The van der Waals surface area contributed by atoms with Crippen LogP contribution in [0.3, 0.4) is 0 Å². The first-order valence-electron chi connectivity index (χ1n) is 15.6. The van der Waals surface area contributed by atoms with Crippen molar-refractivity contribution in [3.8, 4) is 5.75 Å². The molecule has 10 nitrogen and oxygen atoms in total. The van der Waals surface area contributed by atoms with Crippen molar-refractivity contribution in [3.63, 3.8) is 0 Å². The van der Waals surface area contributed by atoms with E-state index in [1.54, 1.807) is 12.1 Å². The van der Waals surface area contributed by atoms with Gasteiger partial charge in [-0.15, -0.1) is 0 Å². The van der Waals surface area contributed by atoms with Gasteiger partial charge in [-0.25, -0.2) is 0 Å². The first-order chi connectivity index (χ1) is 22.7. The van der Waals surface area contributed by atoms with Gasteiger partial charge in [0, 0.05) is 25.8 Å². The molecular weight excluding hydrogens is 594 g/mol. The number of nitrogens with two attached hydrogens (primary N) is 2. The molecular formula is C37H39N5O5. The quantitative estimate of drug-likeness (QED) is 0.160. The zero-order valence-electron chi connectivity index (χ0n) is 25.9. The highest BCUT2D eigenvalue weighted by Crippen LogP contribution is 2.25. The lowest BCUT2D eigenvalue weighted by molar-refractivity contribution is -0.143. The van der Waals surface area contributed by atoms with Gasteiger partial charge >= 0.3 is 0 Å².